The standard InChI is InChI=1S/C27H37N7O/c1-18-15-23-21(6-8-29-23)25(19(18)2)34-12-7-22-24(16-34)30-27(35-17-20-5-4-11-32(20)3)31-26(22)33-13-9-28-10-14-33/h6,8,15,20,28-29H,4-5,7,9-14,16-17H2,1-3H3/t20-/m0/s1. The van der Waals surface area contributed by atoms with Gasteiger partial charge in [0.25, 0.3) is 0 Å². The second-order valence-corrected chi connectivity index (χ2v) is 10.4. The van der Waals surface area contributed by atoms with Gasteiger partial charge in [0.05, 0.1) is 12.2 Å². The highest BCUT2D eigenvalue weighted by atomic mass is 16.5. The number of likely N-dealkylation sites (tertiary alicyclic amines) is 1. The van der Waals surface area contributed by atoms with Crippen molar-refractivity contribution in [1.29, 1.82) is 0 Å². The van der Waals surface area contributed by atoms with Crippen LogP contribution in [0.2, 0.25) is 0 Å². The number of fused-ring (bicyclic) bond motifs is 2. The zero-order valence-corrected chi connectivity index (χ0v) is 21.2. The smallest absolute Gasteiger partial charge is 0.318 e. The molecule has 0 saturated carbocycles. The zero-order chi connectivity index (χ0) is 23.9. The molecule has 2 fully saturated rings. The number of nitrogens with zero attached hydrogens (tertiary/aromatic N) is 5. The molecule has 3 aliphatic rings. The van der Waals surface area contributed by atoms with Crippen molar-refractivity contribution in [1.82, 2.24) is 25.2 Å². The third kappa shape index (κ3) is 4.23. The highest BCUT2D eigenvalue weighted by Gasteiger charge is 2.29. The van der Waals surface area contributed by atoms with Gasteiger partial charge in [0.2, 0.25) is 0 Å². The van der Waals surface area contributed by atoms with E-state index >= 15 is 0 Å². The normalized spacial score (nSPS) is 21.1. The lowest BCUT2D eigenvalue weighted by atomic mass is 9.99. The molecule has 2 saturated heterocycles. The highest BCUT2D eigenvalue weighted by molar-refractivity contribution is 5.95. The van der Waals surface area contributed by atoms with Gasteiger partial charge in [-0.05, 0) is 70.0 Å². The summed E-state index contributed by atoms with van der Waals surface area (Å²) in [4.78, 5) is 20.7. The number of aromatic nitrogens is 3. The summed E-state index contributed by atoms with van der Waals surface area (Å²) in [6, 6.07) is 5.44. The molecule has 0 radical (unpaired) electrons. The number of likely N-dealkylation sites (N-methyl/N-ethyl adjacent to an activating group) is 1. The van der Waals surface area contributed by atoms with Crippen LogP contribution in [0.25, 0.3) is 10.9 Å². The first-order valence-corrected chi connectivity index (χ1v) is 13.1. The predicted octanol–water partition coefficient (Wildman–Crippen LogP) is 3.02. The Bertz CT molecular complexity index is 1220. The SMILES string of the molecule is Cc1cc2[nH]ccc2c(N2CCc3c(nc(OC[C@@H]4CCCN4C)nc3N3CCNCC3)C2)c1C. The van der Waals surface area contributed by atoms with Crippen LogP contribution >= 0.6 is 0 Å². The Morgan fingerprint density at radius 1 is 1.09 bits per heavy atom. The summed E-state index contributed by atoms with van der Waals surface area (Å²) in [7, 11) is 2.19. The van der Waals surface area contributed by atoms with Crippen molar-refractivity contribution in [3.63, 3.8) is 0 Å². The molecule has 0 aliphatic carbocycles. The molecule has 3 aromatic rings. The molecule has 0 spiro atoms. The minimum absolute atomic E-state index is 0.450. The number of aromatic amines is 1. The molecule has 0 amide bonds. The molecule has 186 valence electrons. The second kappa shape index (κ2) is 9.32. The number of rotatable bonds is 5. The highest BCUT2D eigenvalue weighted by Crippen LogP contribution is 2.37. The van der Waals surface area contributed by atoms with Gasteiger partial charge in [-0.25, -0.2) is 0 Å². The molecule has 0 bridgehead atoms. The van der Waals surface area contributed by atoms with Crippen LogP contribution in [0.15, 0.2) is 18.3 Å². The van der Waals surface area contributed by atoms with Crippen molar-refractivity contribution in [3.8, 4) is 6.01 Å². The molecule has 1 aromatic carbocycles. The first-order valence-electron chi connectivity index (χ1n) is 13.1. The van der Waals surface area contributed by atoms with E-state index in [0.717, 1.165) is 63.7 Å². The number of piperazine rings is 1. The van der Waals surface area contributed by atoms with Gasteiger partial charge < -0.3 is 29.7 Å². The summed E-state index contributed by atoms with van der Waals surface area (Å²) in [6.45, 7) is 11.9. The van der Waals surface area contributed by atoms with E-state index in [4.69, 9.17) is 14.7 Å². The molecule has 35 heavy (non-hydrogen) atoms. The number of hydrogen-bond donors (Lipinski definition) is 2. The van der Waals surface area contributed by atoms with Gasteiger partial charge in [-0.3, -0.25) is 0 Å². The van der Waals surface area contributed by atoms with Crippen molar-refractivity contribution in [3.05, 3.63) is 40.7 Å². The maximum absolute atomic E-state index is 6.27. The largest absolute Gasteiger partial charge is 0.462 e. The van der Waals surface area contributed by atoms with Crippen LogP contribution in [0.4, 0.5) is 11.5 Å². The fourth-order valence-electron chi connectivity index (χ4n) is 5.97. The van der Waals surface area contributed by atoms with E-state index in [2.05, 4.69) is 58.0 Å². The Labute approximate surface area is 207 Å². The molecule has 6 rings (SSSR count). The summed E-state index contributed by atoms with van der Waals surface area (Å²) < 4.78 is 6.27. The summed E-state index contributed by atoms with van der Waals surface area (Å²) in [5.41, 5.74) is 7.59. The van der Waals surface area contributed by atoms with E-state index in [9.17, 15) is 0 Å². The van der Waals surface area contributed by atoms with Gasteiger partial charge in [0, 0.05) is 67.1 Å². The van der Waals surface area contributed by atoms with Crippen molar-refractivity contribution >= 4 is 22.4 Å². The minimum atomic E-state index is 0.450. The molecular formula is C27H37N7O. The van der Waals surface area contributed by atoms with E-state index in [1.54, 1.807) is 0 Å². The Morgan fingerprint density at radius 3 is 2.74 bits per heavy atom. The van der Waals surface area contributed by atoms with Crippen LogP contribution in [-0.4, -0.2) is 78.8 Å². The molecule has 8 heteroatoms. The average molecular weight is 476 g/mol. The molecule has 5 heterocycles. The lowest BCUT2D eigenvalue weighted by Crippen LogP contribution is -2.45. The third-order valence-electron chi connectivity index (χ3n) is 8.17. The maximum Gasteiger partial charge on any atom is 0.318 e. The van der Waals surface area contributed by atoms with Gasteiger partial charge in [-0.15, -0.1) is 0 Å². The van der Waals surface area contributed by atoms with Gasteiger partial charge in [0.15, 0.2) is 0 Å². The van der Waals surface area contributed by atoms with Gasteiger partial charge in [0.1, 0.15) is 12.4 Å². The minimum Gasteiger partial charge on any atom is -0.462 e. The van der Waals surface area contributed by atoms with Crippen LogP contribution in [0.5, 0.6) is 6.01 Å². The fraction of sp³-hybridized carbons (Fsp3) is 0.556. The lowest BCUT2D eigenvalue weighted by Gasteiger charge is -2.36. The number of hydrogen-bond acceptors (Lipinski definition) is 7. The van der Waals surface area contributed by atoms with Gasteiger partial charge >= 0.3 is 6.01 Å². The number of H-pyrrole nitrogens is 1. The maximum atomic E-state index is 6.27. The number of benzene rings is 1. The summed E-state index contributed by atoms with van der Waals surface area (Å²) in [5, 5.41) is 4.75. The molecule has 2 N–H and O–H groups in total. The van der Waals surface area contributed by atoms with Crippen molar-refractivity contribution in [2.45, 2.75) is 45.7 Å². The molecule has 8 nitrogen and oxygen atoms in total. The Kier molecular flexibility index (Phi) is 6.02. The van der Waals surface area contributed by atoms with E-state index in [0.29, 0.717) is 18.7 Å². The molecule has 1 atom stereocenters. The summed E-state index contributed by atoms with van der Waals surface area (Å²) >= 11 is 0. The molecular weight excluding hydrogens is 438 g/mol. The predicted molar refractivity (Wildman–Crippen MR) is 141 cm³/mol. The van der Waals surface area contributed by atoms with Crippen LogP contribution in [0.3, 0.4) is 0 Å². The molecule has 2 aromatic heterocycles. The van der Waals surface area contributed by atoms with Crippen molar-refractivity contribution in [2.24, 2.45) is 0 Å². The number of nitrogens with one attached hydrogen (secondary N) is 2. The third-order valence-corrected chi connectivity index (χ3v) is 8.17. The van der Waals surface area contributed by atoms with Gasteiger partial charge in [-0.2, -0.15) is 9.97 Å². The molecule has 3 aliphatic heterocycles. The first-order chi connectivity index (χ1) is 17.1. The van der Waals surface area contributed by atoms with E-state index < -0.39 is 0 Å². The fourth-order valence-corrected chi connectivity index (χ4v) is 5.97. The molecule has 0 unspecified atom stereocenters. The summed E-state index contributed by atoms with van der Waals surface area (Å²) in [6.07, 6.45) is 5.40. The number of aryl methyl sites for hydroxylation is 1. The van der Waals surface area contributed by atoms with E-state index in [-0.39, 0.29) is 0 Å². The Morgan fingerprint density at radius 2 is 1.94 bits per heavy atom. The second-order valence-electron chi connectivity index (χ2n) is 10.4. The zero-order valence-electron chi connectivity index (χ0n) is 21.2. The van der Waals surface area contributed by atoms with Crippen LogP contribution in [0.1, 0.15) is 35.2 Å². The monoisotopic (exact) mass is 475 g/mol. The van der Waals surface area contributed by atoms with Crippen LogP contribution in [0, 0.1) is 13.8 Å². The van der Waals surface area contributed by atoms with Crippen molar-refractivity contribution < 1.29 is 4.74 Å². The summed E-state index contributed by atoms with van der Waals surface area (Å²) in [5.74, 6) is 1.08. The van der Waals surface area contributed by atoms with Crippen LogP contribution < -0.4 is 19.9 Å². The van der Waals surface area contributed by atoms with Gasteiger partial charge in [-0.1, -0.05) is 0 Å². The number of ether oxygens (including phenoxy) is 1. The number of anilines is 2. The topological polar surface area (TPSA) is 72.6 Å². The Hall–Kier alpha value is -2.84. The van der Waals surface area contributed by atoms with E-state index in [1.807, 2.05) is 6.20 Å². The average Bonchev–Trinajstić information content (AvgIpc) is 3.51. The van der Waals surface area contributed by atoms with Crippen molar-refractivity contribution in [2.75, 3.05) is 62.7 Å². The lowest BCUT2D eigenvalue weighted by molar-refractivity contribution is 0.187. The Balaban J connectivity index is 1.35. The quantitative estimate of drug-likeness (QED) is 0.588. The van der Waals surface area contributed by atoms with E-state index in [1.165, 1.54) is 46.1 Å². The first kappa shape index (κ1) is 22.6. The van der Waals surface area contributed by atoms with Crippen LogP contribution in [-0.2, 0) is 13.0 Å².